The summed E-state index contributed by atoms with van der Waals surface area (Å²) in [5.41, 5.74) is 0. The first-order chi connectivity index (χ1) is 7.72. The second-order valence-corrected chi connectivity index (χ2v) is 4.51. The first-order valence-electron chi connectivity index (χ1n) is 6.08. The van der Waals surface area contributed by atoms with Crippen LogP contribution in [0.25, 0.3) is 0 Å². The van der Waals surface area contributed by atoms with Crippen LogP contribution in [0.1, 0.15) is 69.5 Å². The standard InChI is InChI=1S/C12H18N2O2/c1-3-10(15)8(2)12-13-11(14-16-12)9-6-4-5-7-9/h8-9H,3-7H2,1-2H3. The van der Waals surface area contributed by atoms with Gasteiger partial charge in [0.25, 0.3) is 0 Å². The molecular formula is C12H18N2O2. The summed E-state index contributed by atoms with van der Waals surface area (Å²) in [6.45, 7) is 3.69. The van der Waals surface area contributed by atoms with Crippen LogP contribution in [-0.2, 0) is 4.79 Å². The number of aromatic nitrogens is 2. The van der Waals surface area contributed by atoms with Gasteiger partial charge in [-0.15, -0.1) is 0 Å². The summed E-state index contributed by atoms with van der Waals surface area (Å²) in [5, 5.41) is 4.00. The van der Waals surface area contributed by atoms with E-state index >= 15 is 0 Å². The van der Waals surface area contributed by atoms with Crippen LogP contribution < -0.4 is 0 Å². The molecule has 1 aliphatic carbocycles. The number of rotatable bonds is 4. The van der Waals surface area contributed by atoms with E-state index in [2.05, 4.69) is 10.1 Å². The van der Waals surface area contributed by atoms with Gasteiger partial charge < -0.3 is 4.52 Å². The Morgan fingerprint density at radius 3 is 2.81 bits per heavy atom. The average molecular weight is 222 g/mol. The minimum Gasteiger partial charge on any atom is -0.339 e. The van der Waals surface area contributed by atoms with E-state index in [0.29, 0.717) is 18.2 Å². The van der Waals surface area contributed by atoms with Gasteiger partial charge in [0.15, 0.2) is 5.82 Å². The molecule has 1 aromatic rings. The number of carbonyl (C=O) groups is 1. The number of nitrogens with zero attached hydrogens (tertiary/aromatic N) is 2. The smallest absolute Gasteiger partial charge is 0.236 e. The van der Waals surface area contributed by atoms with Gasteiger partial charge in [0, 0.05) is 12.3 Å². The quantitative estimate of drug-likeness (QED) is 0.786. The van der Waals surface area contributed by atoms with Crippen molar-refractivity contribution >= 4 is 5.78 Å². The van der Waals surface area contributed by atoms with E-state index in [1.54, 1.807) is 0 Å². The number of hydrogen-bond acceptors (Lipinski definition) is 4. The monoisotopic (exact) mass is 222 g/mol. The van der Waals surface area contributed by atoms with E-state index in [-0.39, 0.29) is 11.7 Å². The predicted octanol–water partition coefficient (Wildman–Crippen LogP) is 2.81. The molecule has 0 N–H and O–H groups in total. The Kier molecular flexibility index (Phi) is 3.36. The molecule has 1 aliphatic rings. The van der Waals surface area contributed by atoms with Crippen LogP contribution in [-0.4, -0.2) is 15.9 Å². The van der Waals surface area contributed by atoms with Gasteiger partial charge >= 0.3 is 0 Å². The molecule has 88 valence electrons. The lowest BCUT2D eigenvalue weighted by atomic mass is 10.0. The third-order valence-corrected chi connectivity index (χ3v) is 3.38. The van der Waals surface area contributed by atoms with Gasteiger partial charge in [-0.25, -0.2) is 0 Å². The summed E-state index contributed by atoms with van der Waals surface area (Å²) in [7, 11) is 0. The van der Waals surface area contributed by atoms with Crippen LogP contribution >= 0.6 is 0 Å². The van der Waals surface area contributed by atoms with E-state index in [9.17, 15) is 4.79 Å². The highest BCUT2D eigenvalue weighted by Crippen LogP contribution is 2.32. The van der Waals surface area contributed by atoms with Crippen molar-refractivity contribution in [2.24, 2.45) is 0 Å². The molecule has 0 amide bonds. The molecule has 1 aromatic heterocycles. The third kappa shape index (κ3) is 2.15. The number of carbonyl (C=O) groups excluding carboxylic acids is 1. The van der Waals surface area contributed by atoms with Crippen molar-refractivity contribution in [1.82, 2.24) is 10.1 Å². The molecule has 4 nitrogen and oxygen atoms in total. The molecule has 1 fully saturated rings. The molecule has 1 atom stereocenters. The van der Waals surface area contributed by atoms with E-state index in [4.69, 9.17) is 4.52 Å². The van der Waals surface area contributed by atoms with Crippen molar-refractivity contribution in [2.75, 3.05) is 0 Å². The van der Waals surface area contributed by atoms with Crippen molar-refractivity contribution in [3.63, 3.8) is 0 Å². The van der Waals surface area contributed by atoms with Crippen LogP contribution in [0, 0.1) is 0 Å². The highest BCUT2D eigenvalue weighted by atomic mass is 16.5. The normalized spacial score (nSPS) is 18.9. The van der Waals surface area contributed by atoms with Gasteiger partial charge in [0.05, 0.1) is 5.92 Å². The van der Waals surface area contributed by atoms with Gasteiger partial charge in [-0.1, -0.05) is 24.9 Å². The van der Waals surface area contributed by atoms with Crippen LogP contribution in [0.5, 0.6) is 0 Å². The summed E-state index contributed by atoms with van der Waals surface area (Å²) in [6, 6.07) is 0. The molecule has 1 saturated carbocycles. The molecule has 4 heteroatoms. The Hall–Kier alpha value is -1.19. The maximum atomic E-state index is 11.5. The molecule has 1 unspecified atom stereocenters. The molecular weight excluding hydrogens is 204 g/mol. The van der Waals surface area contributed by atoms with Crippen molar-refractivity contribution < 1.29 is 9.32 Å². The van der Waals surface area contributed by atoms with Crippen molar-refractivity contribution in [3.8, 4) is 0 Å². The van der Waals surface area contributed by atoms with Gasteiger partial charge in [0.1, 0.15) is 5.78 Å². The predicted molar refractivity (Wildman–Crippen MR) is 59.2 cm³/mol. The van der Waals surface area contributed by atoms with Gasteiger partial charge in [-0.2, -0.15) is 4.98 Å². The molecule has 0 bridgehead atoms. The lowest BCUT2D eigenvalue weighted by Crippen LogP contribution is -2.08. The van der Waals surface area contributed by atoms with E-state index < -0.39 is 0 Å². The highest BCUT2D eigenvalue weighted by Gasteiger charge is 2.25. The van der Waals surface area contributed by atoms with Gasteiger partial charge in [-0.05, 0) is 19.8 Å². The molecule has 16 heavy (non-hydrogen) atoms. The second kappa shape index (κ2) is 4.76. The zero-order chi connectivity index (χ0) is 11.5. The minimum atomic E-state index is -0.257. The maximum Gasteiger partial charge on any atom is 0.236 e. The Bertz CT molecular complexity index is 367. The molecule has 0 aliphatic heterocycles. The zero-order valence-corrected chi connectivity index (χ0v) is 9.90. The Balaban J connectivity index is 2.09. The highest BCUT2D eigenvalue weighted by molar-refractivity contribution is 5.83. The first-order valence-corrected chi connectivity index (χ1v) is 6.08. The summed E-state index contributed by atoms with van der Waals surface area (Å²) in [5.74, 6) is 1.62. The topological polar surface area (TPSA) is 56.0 Å². The van der Waals surface area contributed by atoms with Crippen molar-refractivity contribution in [1.29, 1.82) is 0 Å². The van der Waals surface area contributed by atoms with Crippen LogP contribution in [0.2, 0.25) is 0 Å². The number of ketones is 1. The summed E-state index contributed by atoms with van der Waals surface area (Å²) in [4.78, 5) is 15.9. The SMILES string of the molecule is CCC(=O)C(C)c1nc(C2CCCC2)no1. The molecule has 2 rings (SSSR count). The Morgan fingerprint density at radius 2 is 2.19 bits per heavy atom. The number of hydrogen-bond donors (Lipinski definition) is 0. The molecule has 0 aromatic carbocycles. The van der Waals surface area contributed by atoms with E-state index in [1.807, 2.05) is 13.8 Å². The van der Waals surface area contributed by atoms with Gasteiger partial charge in [-0.3, -0.25) is 4.79 Å². The van der Waals surface area contributed by atoms with Crippen LogP contribution in [0.4, 0.5) is 0 Å². The summed E-state index contributed by atoms with van der Waals surface area (Å²) >= 11 is 0. The minimum absolute atomic E-state index is 0.154. The second-order valence-electron chi connectivity index (χ2n) is 4.51. The van der Waals surface area contributed by atoms with Crippen molar-refractivity contribution in [3.05, 3.63) is 11.7 Å². The Labute approximate surface area is 95.4 Å². The summed E-state index contributed by atoms with van der Waals surface area (Å²) < 4.78 is 5.18. The summed E-state index contributed by atoms with van der Waals surface area (Å²) in [6.07, 6.45) is 5.31. The zero-order valence-electron chi connectivity index (χ0n) is 9.90. The Morgan fingerprint density at radius 1 is 1.50 bits per heavy atom. The molecule has 0 spiro atoms. The average Bonchev–Trinajstić information content (AvgIpc) is 2.96. The molecule has 0 radical (unpaired) electrons. The van der Waals surface area contributed by atoms with Gasteiger partial charge in [0.2, 0.25) is 5.89 Å². The van der Waals surface area contributed by atoms with Crippen molar-refractivity contribution in [2.45, 2.75) is 57.8 Å². The first kappa shape index (κ1) is 11.3. The molecule has 1 heterocycles. The number of Topliss-reactive ketones (excluding diaryl/α,β-unsaturated/α-hetero) is 1. The van der Waals surface area contributed by atoms with E-state index in [0.717, 1.165) is 18.7 Å². The maximum absolute atomic E-state index is 11.5. The largest absolute Gasteiger partial charge is 0.339 e. The van der Waals surface area contributed by atoms with E-state index in [1.165, 1.54) is 12.8 Å². The van der Waals surface area contributed by atoms with Crippen LogP contribution in [0.3, 0.4) is 0 Å². The fourth-order valence-electron chi connectivity index (χ4n) is 2.22. The lowest BCUT2D eigenvalue weighted by molar-refractivity contribution is -0.120. The van der Waals surface area contributed by atoms with Crippen LogP contribution in [0.15, 0.2) is 4.52 Å². The third-order valence-electron chi connectivity index (χ3n) is 3.38. The molecule has 0 saturated heterocycles. The lowest BCUT2D eigenvalue weighted by Gasteiger charge is -2.02. The fraction of sp³-hybridized carbons (Fsp3) is 0.750. The fourth-order valence-corrected chi connectivity index (χ4v) is 2.22.